The highest BCUT2D eigenvalue weighted by molar-refractivity contribution is 5.93. The molecule has 0 saturated carbocycles. The molecule has 3 aromatic rings. The van der Waals surface area contributed by atoms with Crippen molar-refractivity contribution >= 4 is 22.9 Å². The maximum atomic E-state index is 12.6. The monoisotopic (exact) mass is 449 g/mol. The number of rotatable bonds is 8. The standard InChI is InChI=1S/C24H28FN7O/c1-15-20(27-9-8-25)12-17-11-16(5-6-19(17)29-15)18-7-10-32-21(18)22(33-4)30-23(31-32)28-14-24(2,3)13-26/h5-7,10-11,20,27H,8-9,12,14H2,1-4H3,(H,28,31)/t20-/m0/s1. The van der Waals surface area contributed by atoms with Gasteiger partial charge in [0.2, 0.25) is 11.8 Å². The molecule has 1 atom stereocenters. The van der Waals surface area contributed by atoms with Crippen molar-refractivity contribution < 1.29 is 9.13 Å². The van der Waals surface area contributed by atoms with Crippen LogP contribution in [0.4, 0.5) is 16.0 Å². The summed E-state index contributed by atoms with van der Waals surface area (Å²) in [6, 6.07) is 10.4. The molecule has 172 valence electrons. The molecule has 2 aromatic heterocycles. The lowest BCUT2D eigenvalue weighted by Gasteiger charge is -2.24. The van der Waals surface area contributed by atoms with Gasteiger partial charge in [0.15, 0.2) is 0 Å². The molecule has 0 bridgehead atoms. The van der Waals surface area contributed by atoms with Crippen LogP contribution in [0.3, 0.4) is 0 Å². The van der Waals surface area contributed by atoms with Crippen molar-refractivity contribution in [3.8, 4) is 23.1 Å². The molecule has 1 aliphatic rings. The van der Waals surface area contributed by atoms with E-state index in [1.807, 2.05) is 45.2 Å². The number of nitrogens with one attached hydrogen (secondary N) is 2. The molecular weight excluding hydrogens is 421 g/mol. The summed E-state index contributed by atoms with van der Waals surface area (Å²) in [5.74, 6) is 0.832. The van der Waals surface area contributed by atoms with Crippen LogP contribution in [-0.4, -0.2) is 53.2 Å². The zero-order valence-electron chi connectivity index (χ0n) is 19.3. The summed E-state index contributed by atoms with van der Waals surface area (Å²) in [4.78, 5) is 9.22. The van der Waals surface area contributed by atoms with Crippen LogP contribution in [0.5, 0.6) is 5.88 Å². The molecule has 1 aliphatic heterocycles. The van der Waals surface area contributed by atoms with E-state index < -0.39 is 12.1 Å². The van der Waals surface area contributed by atoms with Crippen LogP contribution in [0.1, 0.15) is 26.3 Å². The first-order valence-electron chi connectivity index (χ1n) is 10.9. The molecule has 33 heavy (non-hydrogen) atoms. The van der Waals surface area contributed by atoms with Gasteiger partial charge in [-0.15, -0.1) is 5.10 Å². The largest absolute Gasteiger partial charge is 0.479 e. The van der Waals surface area contributed by atoms with Crippen LogP contribution in [0.25, 0.3) is 16.6 Å². The predicted octanol–water partition coefficient (Wildman–Crippen LogP) is 3.94. The second kappa shape index (κ2) is 9.16. The Hall–Kier alpha value is -3.51. The molecule has 0 amide bonds. The molecule has 9 heteroatoms. The second-order valence-electron chi connectivity index (χ2n) is 8.81. The van der Waals surface area contributed by atoms with Gasteiger partial charge in [0, 0.05) is 36.6 Å². The summed E-state index contributed by atoms with van der Waals surface area (Å²) in [5.41, 5.74) is 5.16. The average Bonchev–Trinajstić information content (AvgIpc) is 3.25. The van der Waals surface area contributed by atoms with Crippen molar-refractivity contribution in [2.24, 2.45) is 10.4 Å². The lowest BCUT2D eigenvalue weighted by atomic mass is 9.94. The summed E-state index contributed by atoms with van der Waals surface area (Å²) >= 11 is 0. The van der Waals surface area contributed by atoms with Crippen molar-refractivity contribution in [1.29, 1.82) is 5.26 Å². The first kappa shape index (κ1) is 22.7. The highest BCUT2D eigenvalue weighted by Crippen LogP contribution is 2.35. The van der Waals surface area contributed by atoms with E-state index in [1.165, 1.54) is 0 Å². The summed E-state index contributed by atoms with van der Waals surface area (Å²) in [7, 11) is 1.58. The SMILES string of the molecule is COc1nc(NCC(C)(C)C#N)nn2ccc(-c3ccc4c(c3)C[C@H](NCCF)C(C)=N4)c12. The molecule has 0 saturated heterocycles. The third-order valence-corrected chi connectivity index (χ3v) is 5.76. The molecule has 0 fully saturated rings. The van der Waals surface area contributed by atoms with Crippen LogP contribution in [0, 0.1) is 16.7 Å². The lowest BCUT2D eigenvalue weighted by molar-refractivity contribution is 0.399. The van der Waals surface area contributed by atoms with E-state index in [2.05, 4.69) is 32.9 Å². The summed E-state index contributed by atoms with van der Waals surface area (Å²) in [5, 5.41) is 20.1. The number of alkyl halides is 1. The van der Waals surface area contributed by atoms with Crippen LogP contribution >= 0.6 is 0 Å². The number of hydrogen-bond acceptors (Lipinski definition) is 7. The molecule has 1 aromatic carbocycles. The van der Waals surface area contributed by atoms with Crippen LogP contribution in [-0.2, 0) is 6.42 Å². The Labute approximate surface area is 192 Å². The van der Waals surface area contributed by atoms with Crippen molar-refractivity contribution in [2.75, 3.05) is 32.2 Å². The number of aliphatic imine (C=N–C) groups is 1. The topological polar surface area (TPSA) is 99.6 Å². The smallest absolute Gasteiger partial charge is 0.244 e. The van der Waals surface area contributed by atoms with Gasteiger partial charge in [-0.2, -0.15) is 10.2 Å². The highest BCUT2D eigenvalue weighted by Gasteiger charge is 2.22. The van der Waals surface area contributed by atoms with Crippen molar-refractivity contribution in [3.05, 3.63) is 36.0 Å². The molecule has 0 aliphatic carbocycles. The van der Waals surface area contributed by atoms with Crippen LogP contribution in [0.2, 0.25) is 0 Å². The normalized spacial score (nSPS) is 15.6. The van der Waals surface area contributed by atoms with E-state index >= 15 is 0 Å². The minimum Gasteiger partial charge on any atom is -0.479 e. The summed E-state index contributed by atoms with van der Waals surface area (Å²) in [6.07, 6.45) is 2.61. The van der Waals surface area contributed by atoms with Gasteiger partial charge in [0.25, 0.3) is 0 Å². The Bertz CT molecular complexity index is 1240. The van der Waals surface area contributed by atoms with E-state index in [4.69, 9.17) is 9.73 Å². The van der Waals surface area contributed by atoms with Crippen LogP contribution < -0.4 is 15.4 Å². The average molecular weight is 450 g/mol. The molecule has 0 unspecified atom stereocenters. The quantitative estimate of drug-likeness (QED) is 0.540. The van der Waals surface area contributed by atoms with Gasteiger partial charge in [0.05, 0.1) is 24.3 Å². The number of nitrogens with zero attached hydrogens (tertiary/aromatic N) is 5. The number of nitriles is 1. The van der Waals surface area contributed by atoms with Gasteiger partial charge < -0.3 is 15.4 Å². The molecule has 0 radical (unpaired) electrons. The third-order valence-electron chi connectivity index (χ3n) is 5.76. The predicted molar refractivity (Wildman–Crippen MR) is 127 cm³/mol. The third kappa shape index (κ3) is 4.66. The van der Waals surface area contributed by atoms with Gasteiger partial charge in [0.1, 0.15) is 12.2 Å². The molecule has 3 heterocycles. The Morgan fingerprint density at radius 2 is 2.15 bits per heavy atom. The summed E-state index contributed by atoms with van der Waals surface area (Å²) in [6.45, 7) is 5.99. The second-order valence-corrected chi connectivity index (χ2v) is 8.81. The van der Waals surface area contributed by atoms with E-state index in [0.717, 1.165) is 40.0 Å². The molecule has 8 nitrogen and oxygen atoms in total. The fourth-order valence-electron chi connectivity index (χ4n) is 3.89. The number of halogens is 1. The molecule has 2 N–H and O–H groups in total. The first-order chi connectivity index (χ1) is 15.8. The fourth-order valence-corrected chi connectivity index (χ4v) is 3.89. The number of hydrogen-bond donors (Lipinski definition) is 2. The fraction of sp³-hybridized carbons (Fsp3) is 0.417. The zero-order chi connectivity index (χ0) is 23.6. The number of methoxy groups -OCH3 is 1. The van der Waals surface area contributed by atoms with Gasteiger partial charge in [-0.1, -0.05) is 6.07 Å². The van der Waals surface area contributed by atoms with Crippen molar-refractivity contribution in [3.63, 3.8) is 0 Å². The maximum Gasteiger partial charge on any atom is 0.244 e. The number of aromatic nitrogens is 3. The van der Waals surface area contributed by atoms with Gasteiger partial charge >= 0.3 is 0 Å². The zero-order valence-corrected chi connectivity index (χ0v) is 19.3. The van der Waals surface area contributed by atoms with E-state index in [-0.39, 0.29) is 6.04 Å². The summed E-state index contributed by atoms with van der Waals surface area (Å²) < 4.78 is 20.0. The minimum atomic E-state index is -0.547. The Morgan fingerprint density at radius 1 is 1.33 bits per heavy atom. The lowest BCUT2D eigenvalue weighted by Crippen LogP contribution is -2.39. The Morgan fingerprint density at radius 3 is 2.88 bits per heavy atom. The molecule has 4 rings (SSSR count). The van der Waals surface area contributed by atoms with Crippen molar-refractivity contribution in [1.82, 2.24) is 19.9 Å². The first-order valence-corrected chi connectivity index (χ1v) is 10.9. The number of fused-ring (bicyclic) bond motifs is 2. The number of benzene rings is 1. The van der Waals surface area contributed by atoms with Gasteiger partial charge in [-0.05, 0) is 56.5 Å². The van der Waals surface area contributed by atoms with E-state index in [1.54, 1.807) is 11.6 Å². The van der Waals surface area contributed by atoms with Crippen molar-refractivity contribution in [2.45, 2.75) is 33.2 Å². The Balaban J connectivity index is 1.68. The number of ether oxygens (including phenoxy) is 1. The van der Waals surface area contributed by atoms with E-state index in [0.29, 0.717) is 24.9 Å². The maximum absolute atomic E-state index is 12.6. The highest BCUT2D eigenvalue weighted by atomic mass is 19.1. The van der Waals surface area contributed by atoms with Crippen LogP contribution in [0.15, 0.2) is 35.5 Å². The Kier molecular flexibility index (Phi) is 6.29. The van der Waals surface area contributed by atoms with E-state index in [9.17, 15) is 9.65 Å². The molecule has 0 spiro atoms. The van der Waals surface area contributed by atoms with Gasteiger partial charge in [-0.25, -0.2) is 8.91 Å². The minimum absolute atomic E-state index is 0.0263. The van der Waals surface area contributed by atoms with Gasteiger partial charge in [-0.3, -0.25) is 4.99 Å². The number of anilines is 1. The molecular formula is C24H28FN7O.